The van der Waals surface area contributed by atoms with Crippen molar-refractivity contribution in [2.75, 3.05) is 13.1 Å². The van der Waals surface area contributed by atoms with E-state index in [-0.39, 0.29) is 18.0 Å². The van der Waals surface area contributed by atoms with Crippen LogP contribution in [0.4, 0.5) is 0 Å². The maximum Gasteiger partial charge on any atom is 0.237 e. The van der Waals surface area contributed by atoms with Crippen LogP contribution in [0.25, 0.3) is 0 Å². The Morgan fingerprint density at radius 1 is 1.21 bits per heavy atom. The number of nitrogens with two attached hydrogens (primary N) is 1. The minimum atomic E-state index is -0.112. The van der Waals surface area contributed by atoms with Gasteiger partial charge in [-0.1, -0.05) is 50.1 Å². The van der Waals surface area contributed by atoms with Crippen molar-refractivity contribution in [3.63, 3.8) is 0 Å². The Balaban J connectivity index is 1.59. The van der Waals surface area contributed by atoms with E-state index in [0.29, 0.717) is 17.9 Å². The molecule has 4 heteroatoms. The molecular formula is C20H31N3O. The van der Waals surface area contributed by atoms with E-state index in [9.17, 15) is 4.79 Å². The first kappa shape index (κ1) is 17.4. The first-order valence-corrected chi connectivity index (χ1v) is 9.41. The van der Waals surface area contributed by atoms with Crippen LogP contribution in [-0.2, 0) is 4.79 Å². The van der Waals surface area contributed by atoms with Gasteiger partial charge in [0.15, 0.2) is 0 Å². The van der Waals surface area contributed by atoms with E-state index in [0.717, 1.165) is 19.5 Å². The zero-order chi connectivity index (χ0) is 17.1. The number of carbonyl (C=O) groups is 1. The highest BCUT2D eigenvalue weighted by molar-refractivity contribution is 5.81. The number of rotatable bonds is 4. The average molecular weight is 329 g/mol. The molecule has 1 aromatic carbocycles. The molecule has 1 saturated heterocycles. The van der Waals surface area contributed by atoms with E-state index in [2.05, 4.69) is 41.4 Å². The molecule has 132 valence electrons. The number of amides is 1. The third kappa shape index (κ3) is 3.81. The fourth-order valence-corrected chi connectivity index (χ4v) is 4.23. The van der Waals surface area contributed by atoms with Gasteiger partial charge in [0.25, 0.3) is 0 Å². The second kappa shape index (κ2) is 7.66. The van der Waals surface area contributed by atoms with Gasteiger partial charge in [-0.2, -0.15) is 0 Å². The lowest BCUT2D eigenvalue weighted by atomic mass is 9.86. The van der Waals surface area contributed by atoms with E-state index in [4.69, 9.17) is 5.73 Å². The van der Waals surface area contributed by atoms with Crippen molar-refractivity contribution in [1.29, 1.82) is 0 Å². The molecule has 3 unspecified atom stereocenters. The Morgan fingerprint density at radius 3 is 2.62 bits per heavy atom. The first-order chi connectivity index (χ1) is 11.6. The van der Waals surface area contributed by atoms with Gasteiger partial charge < -0.3 is 11.1 Å². The monoisotopic (exact) mass is 329 g/mol. The summed E-state index contributed by atoms with van der Waals surface area (Å²) in [5.41, 5.74) is 7.65. The van der Waals surface area contributed by atoms with Crippen LogP contribution in [-0.4, -0.2) is 42.0 Å². The highest BCUT2D eigenvalue weighted by atomic mass is 16.2. The van der Waals surface area contributed by atoms with Crippen LogP contribution in [0.1, 0.15) is 51.0 Å². The van der Waals surface area contributed by atoms with Gasteiger partial charge in [-0.15, -0.1) is 0 Å². The summed E-state index contributed by atoms with van der Waals surface area (Å²) in [6.07, 6.45) is 4.87. The van der Waals surface area contributed by atoms with E-state index >= 15 is 0 Å². The Kier molecular flexibility index (Phi) is 5.57. The molecule has 1 aliphatic carbocycles. The number of carbonyl (C=O) groups excluding carboxylic acids is 1. The molecule has 2 fully saturated rings. The molecule has 4 nitrogen and oxygen atoms in total. The number of hydrogen-bond acceptors (Lipinski definition) is 3. The lowest BCUT2D eigenvalue weighted by molar-refractivity contribution is -0.126. The molecule has 3 rings (SSSR count). The average Bonchev–Trinajstić information content (AvgIpc) is 2.98. The number of hydrogen-bond donors (Lipinski definition) is 2. The largest absolute Gasteiger partial charge is 0.352 e. The molecule has 2 aliphatic rings. The molecule has 5 atom stereocenters. The van der Waals surface area contributed by atoms with Crippen LogP contribution >= 0.6 is 0 Å². The SMILES string of the molecule is CC1CCCCC1NC(=O)C(C)N1C[C@@H](N)[C@H](c2ccccc2)C1. The molecule has 0 bridgehead atoms. The third-order valence-corrected chi connectivity index (χ3v) is 5.99. The Morgan fingerprint density at radius 2 is 1.92 bits per heavy atom. The van der Waals surface area contributed by atoms with Gasteiger partial charge in [0.1, 0.15) is 0 Å². The van der Waals surface area contributed by atoms with E-state index < -0.39 is 0 Å². The van der Waals surface area contributed by atoms with Crippen molar-refractivity contribution in [1.82, 2.24) is 10.2 Å². The minimum absolute atomic E-state index is 0.0938. The van der Waals surface area contributed by atoms with Gasteiger partial charge in [-0.25, -0.2) is 0 Å². The van der Waals surface area contributed by atoms with Crippen LogP contribution in [0.15, 0.2) is 30.3 Å². The van der Waals surface area contributed by atoms with E-state index in [1.54, 1.807) is 0 Å². The second-order valence-corrected chi connectivity index (χ2v) is 7.69. The number of likely N-dealkylation sites (tertiary alicyclic amines) is 1. The summed E-state index contributed by atoms with van der Waals surface area (Å²) < 4.78 is 0. The highest BCUT2D eigenvalue weighted by Crippen LogP contribution is 2.28. The second-order valence-electron chi connectivity index (χ2n) is 7.69. The quantitative estimate of drug-likeness (QED) is 0.892. The summed E-state index contributed by atoms with van der Waals surface area (Å²) >= 11 is 0. The standard InChI is InChI=1S/C20H31N3O/c1-14-8-6-7-11-19(14)22-20(24)15(2)23-12-17(18(21)13-23)16-9-4-3-5-10-16/h3-5,9-10,14-15,17-19H,6-8,11-13,21H2,1-2H3,(H,22,24)/t14?,15?,17-,18+,19?/m0/s1. The summed E-state index contributed by atoms with van der Waals surface area (Å²) in [5, 5.41) is 3.29. The van der Waals surface area contributed by atoms with Crippen molar-refractivity contribution in [2.45, 2.75) is 63.6 Å². The summed E-state index contributed by atoms with van der Waals surface area (Å²) in [5.74, 6) is 1.07. The molecule has 0 radical (unpaired) electrons. The maximum atomic E-state index is 12.7. The highest BCUT2D eigenvalue weighted by Gasteiger charge is 2.36. The first-order valence-electron chi connectivity index (χ1n) is 9.41. The smallest absolute Gasteiger partial charge is 0.237 e. The Bertz CT molecular complexity index is 547. The molecule has 1 aliphatic heterocycles. The summed E-state index contributed by atoms with van der Waals surface area (Å²) in [6, 6.07) is 10.8. The summed E-state index contributed by atoms with van der Waals surface area (Å²) in [6.45, 7) is 5.92. The molecule has 1 aromatic rings. The molecule has 1 heterocycles. The third-order valence-electron chi connectivity index (χ3n) is 5.99. The topological polar surface area (TPSA) is 58.4 Å². The van der Waals surface area contributed by atoms with Crippen molar-refractivity contribution in [3.8, 4) is 0 Å². The van der Waals surface area contributed by atoms with Gasteiger partial charge in [0.2, 0.25) is 5.91 Å². The maximum absolute atomic E-state index is 12.7. The van der Waals surface area contributed by atoms with Gasteiger partial charge in [0.05, 0.1) is 6.04 Å². The lowest BCUT2D eigenvalue weighted by Crippen LogP contribution is -2.50. The fourth-order valence-electron chi connectivity index (χ4n) is 4.23. The van der Waals surface area contributed by atoms with Gasteiger partial charge in [-0.05, 0) is 31.2 Å². The van der Waals surface area contributed by atoms with Gasteiger partial charge >= 0.3 is 0 Å². The predicted octanol–water partition coefficient (Wildman–Crippen LogP) is 2.50. The van der Waals surface area contributed by atoms with Gasteiger partial charge in [0, 0.05) is 31.1 Å². The molecule has 3 N–H and O–H groups in total. The molecular weight excluding hydrogens is 298 g/mol. The molecule has 0 aromatic heterocycles. The fraction of sp³-hybridized carbons (Fsp3) is 0.650. The zero-order valence-corrected chi connectivity index (χ0v) is 14.9. The molecule has 0 spiro atoms. The molecule has 1 amide bonds. The van der Waals surface area contributed by atoms with Crippen LogP contribution in [0.5, 0.6) is 0 Å². The van der Waals surface area contributed by atoms with E-state index in [1.807, 2.05) is 13.0 Å². The van der Waals surface area contributed by atoms with Crippen molar-refractivity contribution in [2.24, 2.45) is 11.7 Å². The van der Waals surface area contributed by atoms with Crippen LogP contribution in [0, 0.1) is 5.92 Å². The number of nitrogens with one attached hydrogen (secondary N) is 1. The van der Waals surface area contributed by atoms with E-state index in [1.165, 1.54) is 24.8 Å². The van der Waals surface area contributed by atoms with Crippen molar-refractivity contribution >= 4 is 5.91 Å². The predicted molar refractivity (Wildman–Crippen MR) is 97.8 cm³/mol. The van der Waals surface area contributed by atoms with Crippen molar-refractivity contribution in [3.05, 3.63) is 35.9 Å². The normalized spacial score (nSPS) is 32.5. The Labute approximate surface area is 145 Å². The zero-order valence-electron chi connectivity index (χ0n) is 14.9. The van der Waals surface area contributed by atoms with Crippen LogP contribution in [0.3, 0.4) is 0 Å². The number of benzene rings is 1. The van der Waals surface area contributed by atoms with Crippen LogP contribution in [0.2, 0.25) is 0 Å². The molecule has 24 heavy (non-hydrogen) atoms. The van der Waals surface area contributed by atoms with Crippen molar-refractivity contribution < 1.29 is 4.79 Å². The van der Waals surface area contributed by atoms with Gasteiger partial charge in [-0.3, -0.25) is 9.69 Å². The Hall–Kier alpha value is -1.39. The van der Waals surface area contributed by atoms with Crippen LogP contribution < -0.4 is 11.1 Å². The summed E-state index contributed by atoms with van der Waals surface area (Å²) in [4.78, 5) is 14.9. The minimum Gasteiger partial charge on any atom is -0.352 e. The lowest BCUT2D eigenvalue weighted by Gasteiger charge is -2.32. The molecule has 1 saturated carbocycles. The number of nitrogens with zero attached hydrogens (tertiary/aromatic N) is 1. The summed E-state index contributed by atoms with van der Waals surface area (Å²) in [7, 11) is 0.